The number of nitrogens with one attached hydrogen (secondary N) is 2. The van der Waals surface area contributed by atoms with E-state index < -0.39 is 24.1 Å². The molecule has 4 aromatic carbocycles. The number of β-amino-alcohol motifs (C(OH)–C–C–N with tert-alkyl or cyclic N) is 1. The molecule has 0 spiro atoms. The van der Waals surface area contributed by atoms with E-state index in [1.54, 1.807) is 18.0 Å². The standard InChI is InChI=1S/C38H34ClN5O4/c1-43(21-23-10-2-6-14-29(23)39)37(47)33(18-24-20-40-30-15-7-3-11-26(24)30)42-36(46)34-19-25(45)22-44(34)38(48)35-27-12-4-8-16-31(27)41-32-17-9-5-13-28(32)35/h2-17,20,25,33-34,40,45H,18-19,21-22H2,1H3,(H,42,46). The number of likely N-dealkylation sites (tertiary alicyclic amines) is 1. The summed E-state index contributed by atoms with van der Waals surface area (Å²) < 4.78 is 0. The molecule has 3 unspecified atom stereocenters. The van der Waals surface area contributed by atoms with Crippen LogP contribution < -0.4 is 5.32 Å². The number of hydrogen-bond donors (Lipinski definition) is 3. The first-order valence-corrected chi connectivity index (χ1v) is 16.3. The summed E-state index contributed by atoms with van der Waals surface area (Å²) in [6.07, 6.45) is 1.20. The van der Waals surface area contributed by atoms with Crippen LogP contribution in [0.15, 0.2) is 103 Å². The first-order valence-electron chi connectivity index (χ1n) is 15.9. The molecule has 1 aliphatic rings. The highest BCUT2D eigenvalue weighted by molar-refractivity contribution is 6.31. The molecule has 0 aliphatic carbocycles. The number of benzene rings is 4. The first kappa shape index (κ1) is 31.4. The van der Waals surface area contributed by atoms with Crippen molar-refractivity contribution in [2.24, 2.45) is 0 Å². The normalized spacial score (nSPS) is 16.8. The fourth-order valence-corrected chi connectivity index (χ4v) is 6.91. The molecule has 6 aromatic rings. The van der Waals surface area contributed by atoms with Crippen molar-refractivity contribution in [1.29, 1.82) is 0 Å². The van der Waals surface area contributed by atoms with Crippen LogP contribution in [-0.2, 0) is 22.6 Å². The van der Waals surface area contributed by atoms with Crippen molar-refractivity contribution in [1.82, 2.24) is 25.1 Å². The number of halogens is 1. The van der Waals surface area contributed by atoms with Gasteiger partial charge in [0.15, 0.2) is 0 Å². The van der Waals surface area contributed by atoms with Crippen molar-refractivity contribution in [3.63, 3.8) is 0 Å². The van der Waals surface area contributed by atoms with E-state index >= 15 is 0 Å². The minimum atomic E-state index is -0.995. The highest BCUT2D eigenvalue weighted by atomic mass is 35.5. The van der Waals surface area contributed by atoms with Gasteiger partial charge < -0.3 is 25.2 Å². The van der Waals surface area contributed by atoms with Gasteiger partial charge in [-0.05, 0) is 35.4 Å². The zero-order valence-corrected chi connectivity index (χ0v) is 27.0. The molecule has 7 rings (SSSR count). The van der Waals surface area contributed by atoms with Gasteiger partial charge in [-0.15, -0.1) is 0 Å². The SMILES string of the molecule is CN(Cc1ccccc1Cl)C(=O)C(Cc1c[nH]c2ccccc12)NC(=O)C1CC(O)CN1C(=O)c1c2ccccc2nc2ccccc12. The lowest BCUT2D eigenvalue weighted by atomic mass is 10.0. The number of hydrogen-bond acceptors (Lipinski definition) is 5. The number of H-pyrrole nitrogens is 1. The molecule has 48 heavy (non-hydrogen) atoms. The maximum Gasteiger partial charge on any atom is 0.256 e. The molecule has 3 heterocycles. The van der Waals surface area contributed by atoms with Gasteiger partial charge in [-0.2, -0.15) is 0 Å². The number of para-hydroxylation sites is 3. The van der Waals surface area contributed by atoms with Crippen molar-refractivity contribution >= 4 is 62.0 Å². The van der Waals surface area contributed by atoms with Crippen LogP contribution in [0.4, 0.5) is 0 Å². The average Bonchev–Trinajstić information content (AvgIpc) is 3.70. The highest BCUT2D eigenvalue weighted by Gasteiger charge is 2.41. The predicted octanol–water partition coefficient (Wildman–Crippen LogP) is 5.48. The largest absolute Gasteiger partial charge is 0.391 e. The smallest absolute Gasteiger partial charge is 0.256 e. The Bertz CT molecular complexity index is 2130. The second-order valence-electron chi connectivity index (χ2n) is 12.3. The summed E-state index contributed by atoms with van der Waals surface area (Å²) in [7, 11) is 1.68. The molecule has 1 saturated heterocycles. The molecule has 2 aromatic heterocycles. The Balaban J connectivity index is 1.20. The van der Waals surface area contributed by atoms with Crippen molar-refractivity contribution in [2.75, 3.05) is 13.6 Å². The second kappa shape index (κ2) is 13.1. The van der Waals surface area contributed by atoms with E-state index in [1.165, 1.54) is 4.90 Å². The predicted molar refractivity (Wildman–Crippen MR) is 187 cm³/mol. The van der Waals surface area contributed by atoms with Crippen molar-refractivity contribution in [3.05, 3.63) is 125 Å². The van der Waals surface area contributed by atoms with Crippen molar-refractivity contribution in [3.8, 4) is 0 Å². The second-order valence-corrected chi connectivity index (χ2v) is 12.7. The van der Waals surface area contributed by atoms with E-state index in [0.717, 1.165) is 22.0 Å². The van der Waals surface area contributed by atoms with E-state index in [9.17, 15) is 19.5 Å². The maximum atomic E-state index is 14.4. The summed E-state index contributed by atoms with van der Waals surface area (Å²) in [6.45, 7) is 0.225. The van der Waals surface area contributed by atoms with E-state index in [0.29, 0.717) is 32.4 Å². The molecule has 0 saturated carbocycles. The average molecular weight is 660 g/mol. The molecule has 3 amide bonds. The summed E-state index contributed by atoms with van der Waals surface area (Å²) in [6, 6.07) is 27.9. The summed E-state index contributed by atoms with van der Waals surface area (Å²) in [4.78, 5) is 53.6. The van der Waals surface area contributed by atoms with E-state index in [4.69, 9.17) is 16.6 Å². The number of aromatic amines is 1. The third-order valence-corrected chi connectivity index (χ3v) is 9.47. The van der Waals surface area contributed by atoms with Gasteiger partial charge in [0.25, 0.3) is 5.91 Å². The molecule has 242 valence electrons. The Morgan fingerprint density at radius 1 is 0.917 bits per heavy atom. The first-order chi connectivity index (χ1) is 23.3. The number of pyridine rings is 1. The van der Waals surface area contributed by atoms with Gasteiger partial charge in [-0.3, -0.25) is 14.4 Å². The fourth-order valence-electron chi connectivity index (χ4n) is 6.72. The molecule has 3 atom stereocenters. The molecule has 10 heteroatoms. The Morgan fingerprint density at radius 3 is 2.25 bits per heavy atom. The third-order valence-electron chi connectivity index (χ3n) is 9.10. The maximum absolute atomic E-state index is 14.4. The molecule has 9 nitrogen and oxygen atoms in total. The number of rotatable bonds is 8. The number of aromatic nitrogens is 2. The fraction of sp³-hybridized carbons (Fsp3) is 0.211. The topological polar surface area (TPSA) is 119 Å². The van der Waals surface area contributed by atoms with Crippen molar-refractivity contribution < 1.29 is 19.5 Å². The van der Waals surface area contributed by atoms with Crippen LogP contribution in [0.3, 0.4) is 0 Å². The van der Waals surface area contributed by atoms with Crippen LogP contribution in [0.1, 0.15) is 27.9 Å². The minimum absolute atomic E-state index is 0.0185. The Kier molecular flexibility index (Phi) is 8.56. The van der Waals surface area contributed by atoms with Gasteiger partial charge in [0.2, 0.25) is 11.8 Å². The molecular weight excluding hydrogens is 626 g/mol. The third kappa shape index (κ3) is 5.98. The number of carbonyl (C=O) groups excluding carboxylic acids is 3. The summed E-state index contributed by atoms with van der Waals surface area (Å²) in [5.41, 5.74) is 4.30. The molecule has 0 bridgehead atoms. The quantitative estimate of drug-likeness (QED) is 0.187. The lowest BCUT2D eigenvalue weighted by Crippen LogP contribution is -2.54. The number of amides is 3. The van der Waals surface area contributed by atoms with E-state index in [-0.39, 0.29) is 37.7 Å². The van der Waals surface area contributed by atoms with Gasteiger partial charge in [0.05, 0.1) is 22.7 Å². The van der Waals surface area contributed by atoms with Crippen LogP contribution >= 0.6 is 11.6 Å². The zero-order valence-electron chi connectivity index (χ0n) is 26.3. The summed E-state index contributed by atoms with van der Waals surface area (Å²) >= 11 is 6.41. The number of nitrogens with zero attached hydrogens (tertiary/aromatic N) is 3. The van der Waals surface area contributed by atoms with Crippen LogP contribution in [-0.4, -0.2) is 74.4 Å². The summed E-state index contributed by atoms with van der Waals surface area (Å²) in [5.74, 6) is -1.19. The van der Waals surface area contributed by atoms with Crippen LogP contribution in [0.2, 0.25) is 5.02 Å². The number of aliphatic hydroxyl groups excluding tert-OH is 1. The minimum Gasteiger partial charge on any atom is -0.391 e. The molecule has 3 N–H and O–H groups in total. The zero-order chi connectivity index (χ0) is 33.4. The lowest BCUT2D eigenvalue weighted by molar-refractivity contribution is -0.136. The number of likely N-dealkylation sites (N-methyl/N-ethyl adjacent to an activating group) is 1. The van der Waals surface area contributed by atoms with E-state index in [2.05, 4.69) is 10.3 Å². The monoisotopic (exact) mass is 659 g/mol. The van der Waals surface area contributed by atoms with Gasteiger partial charge in [-0.1, -0.05) is 84.4 Å². The Hall–Kier alpha value is -5.25. The number of aliphatic hydroxyl groups is 1. The molecule has 1 aliphatic heterocycles. The molecular formula is C38H34ClN5O4. The van der Waals surface area contributed by atoms with Crippen LogP contribution in [0.5, 0.6) is 0 Å². The number of carbonyl (C=O) groups is 3. The van der Waals surface area contributed by atoms with Gasteiger partial charge in [-0.25, -0.2) is 4.98 Å². The molecule has 1 fully saturated rings. The van der Waals surface area contributed by atoms with Gasteiger partial charge >= 0.3 is 0 Å². The Morgan fingerprint density at radius 2 is 1.54 bits per heavy atom. The van der Waals surface area contributed by atoms with Gasteiger partial charge in [0, 0.05) is 65.9 Å². The molecule has 0 radical (unpaired) electrons. The number of fused-ring (bicyclic) bond motifs is 3. The van der Waals surface area contributed by atoms with Crippen LogP contribution in [0, 0.1) is 0 Å². The summed E-state index contributed by atoms with van der Waals surface area (Å²) in [5, 5.41) is 16.6. The van der Waals surface area contributed by atoms with Gasteiger partial charge in [0.1, 0.15) is 12.1 Å². The van der Waals surface area contributed by atoms with Crippen LogP contribution in [0.25, 0.3) is 32.7 Å². The Labute approximate surface area is 282 Å². The highest BCUT2D eigenvalue weighted by Crippen LogP contribution is 2.30. The van der Waals surface area contributed by atoms with E-state index in [1.807, 2.05) is 97.2 Å². The van der Waals surface area contributed by atoms with Crippen molar-refractivity contribution in [2.45, 2.75) is 37.6 Å². The lowest BCUT2D eigenvalue weighted by Gasteiger charge is -2.29.